The zero-order valence-electron chi connectivity index (χ0n) is 14.2. The summed E-state index contributed by atoms with van der Waals surface area (Å²) in [5.74, 6) is 0.127. The van der Waals surface area contributed by atoms with Crippen LogP contribution < -0.4 is 10.3 Å². The number of hydrazone groups is 1. The predicted octanol–water partition coefficient (Wildman–Crippen LogP) is 2.96. The van der Waals surface area contributed by atoms with Gasteiger partial charge >= 0.3 is 0 Å². The Morgan fingerprint density at radius 2 is 1.64 bits per heavy atom. The first-order valence-corrected chi connectivity index (χ1v) is 8.28. The first kappa shape index (κ1) is 17.0. The number of nitrogens with zero attached hydrogens (tertiary/aromatic N) is 3. The highest BCUT2D eigenvalue weighted by Gasteiger charge is 2.22. The van der Waals surface area contributed by atoms with E-state index in [0.717, 1.165) is 24.5 Å². The average Bonchev–Trinajstić information content (AvgIpc) is 2.64. The Morgan fingerprint density at radius 1 is 1.00 bits per heavy atom. The Hall–Kier alpha value is -2.89. The van der Waals surface area contributed by atoms with Crippen molar-refractivity contribution in [1.29, 1.82) is 0 Å². The molecule has 0 bridgehead atoms. The lowest BCUT2D eigenvalue weighted by Gasteiger charge is -2.37. The van der Waals surface area contributed by atoms with Crippen molar-refractivity contribution in [3.8, 4) is 0 Å². The van der Waals surface area contributed by atoms with E-state index >= 15 is 0 Å². The molecule has 130 valence electrons. The summed E-state index contributed by atoms with van der Waals surface area (Å²) in [6.07, 6.45) is 0. The van der Waals surface area contributed by atoms with Crippen LogP contribution in [0.5, 0.6) is 0 Å². The maximum absolute atomic E-state index is 13.0. The summed E-state index contributed by atoms with van der Waals surface area (Å²) in [6, 6.07) is 16.0. The summed E-state index contributed by atoms with van der Waals surface area (Å²) in [5.41, 5.74) is 4.77. The SMILES string of the molecule is CC(=O)/C(=N/Nc1ccccc1)N1CCN(c2ccc(F)cc2)CC1. The molecule has 0 aliphatic carbocycles. The lowest BCUT2D eigenvalue weighted by molar-refractivity contribution is -0.111. The van der Waals surface area contributed by atoms with Crippen LogP contribution in [-0.4, -0.2) is 42.7 Å². The van der Waals surface area contributed by atoms with Gasteiger partial charge in [-0.3, -0.25) is 10.2 Å². The second-order valence-corrected chi connectivity index (χ2v) is 5.92. The molecular weight excluding hydrogens is 319 g/mol. The van der Waals surface area contributed by atoms with Crippen LogP contribution in [0.15, 0.2) is 59.7 Å². The van der Waals surface area contributed by atoms with Gasteiger partial charge < -0.3 is 9.80 Å². The largest absolute Gasteiger partial charge is 0.368 e. The molecular formula is C19H21FN4O. The van der Waals surface area contributed by atoms with Crippen molar-refractivity contribution < 1.29 is 9.18 Å². The van der Waals surface area contributed by atoms with Gasteiger partial charge in [-0.25, -0.2) is 4.39 Å². The monoisotopic (exact) mass is 340 g/mol. The Morgan fingerprint density at radius 3 is 2.24 bits per heavy atom. The molecule has 1 fully saturated rings. The van der Waals surface area contributed by atoms with Gasteiger partial charge in [0.05, 0.1) is 5.69 Å². The third-order valence-corrected chi connectivity index (χ3v) is 4.15. The molecule has 1 N–H and O–H groups in total. The number of amidine groups is 1. The standard InChI is InChI=1S/C19H21FN4O/c1-15(25)19(22-21-17-5-3-2-4-6-17)24-13-11-23(12-14-24)18-9-7-16(20)8-10-18/h2-10,21H,11-14H2,1H3/b22-19-. The lowest BCUT2D eigenvalue weighted by Crippen LogP contribution is -2.50. The predicted molar refractivity (Wildman–Crippen MR) is 98.4 cm³/mol. The van der Waals surface area contributed by atoms with Crippen LogP contribution in [0, 0.1) is 5.82 Å². The van der Waals surface area contributed by atoms with Gasteiger partial charge in [-0.2, -0.15) is 5.10 Å². The Balaban J connectivity index is 1.64. The molecule has 0 amide bonds. The number of carbonyl (C=O) groups excluding carboxylic acids is 1. The number of carbonyl (C=O) groups is 1. The van der Waals surface area contributed by atoms with E-state index in [1.165, 1.54) is 19.1 Å². The van der Waals surface area contributed by atoms with E-state index in [1.54, 1.807) is 12.1 Å². The maximum Gasteiger partial charge on any atom is 0.196 e. The van der Waals surface area contributed by atoms with E-state index in [1.807, 2.05) is 35.2 Å². The fourth-order valence-electron chi connectivity index (χ4n) is 2.83. The maximum atomic E-state index is 13.0. The average molecular weight is 340 g/mol. The number of anilines is 2. The summed E-state index contributed by atoms with van der Waals surface area (Å²) in [5, 5.41) is 4.30. The summed E-state index contributed by atoms with van der Waals surface area (Å²) in [7, 11) is 0. The van der Waals surface area contributed by atoms with Crippen LogP contribution in [0.1, 0.15) is 6.92 Å². The highest BCUT2D eigenvalue weighted by Crippen LogP contribution is 2.17. The molecule has 0 spiro atoms. The van der Waals surface area contributed by atoms with Crippen molar-refractivity contribution in [2.75, 3.05) is 36.5 Å². The third kappa shape index (κ3) is 4.35. The van der Waals surface area contributed by atoms with Gasteiger partial charge in [-0.05, 0) is 36.4 Å². The highest BCUT2D eigenvalue weighted by molar-refractivity contribution is 6.37. The number of halogens is 1. The summed E-state index contributed by atoms with van der Waals surface area (Å²) in [6.45, 7) is 4.41. The summed E-state index contributed by atoms with van der Waals surface area (Å²) >= 11 is 0. The fraction of sp³-hybridized carbons (Fsp3) is 0.263. The molecule has 5 nitrogen and oxygen atoms in total. The number of hydrogen-bond acceptors (Lipinski definition) is 4. The van der Waals surface area contributed by atoms with Crippen LogP contribution in [0.25, 0.3) is 0 Å². The van der Waals surface area contributed by atoms with Crippen LogP contribution >= 0.6 is 0 Å². The quantitative estimate of drug-likeness (QED) is 0.528. The van der Waals surface area contributed by atoms with Gasteiger partial charge in [0, 0.05) is 38.8 Å². The van der Waals surface area contributed by atoms with Crippen LogP contribution in [0.2, 0.25) is 0 Å². The number of piperazine rings is 1. The number of nitrogens with one attached hydrogen (secondary N) is 1. The molecule has 1 aliphatic heterocycles. The topological polar surface area (TPSA) is 47.9 Å². The molecule has 2 aromatic rings. The van der Waals surface area contributed by atoms with Crippen molar-refractivity contribution >= 4 is 23.0 Å². The molecule has 3 rings (SSSR count). The Kier molecular flexibility index (Phi) is 5.28. The van der Waals surface area contributed by atoms with Crippen molar-refractivity contribution in [3.63, 3.8) is 0 Å². The molecule has 0 radical (unpaired) electrons. The normalized spacial score (nSPS) is 15.2. The molecule has 0 aromatic heterocycles. The van der Waals surface area contributed by atoms with Crippen molar-refractivity contribution in [2.24, 2.45) is 5.10 Å². The third-order valence-electron chi connectivity index (χ3n) is 4.15. The molecule has 1 aliphatic rings. The van der Waals surface area contributed by atoms with Crippen molar-refractivity contribution in [3.05, 3.63) is 60.4 Å². The molecule has 1 heterocycles. The van der Waals surface area contributed by atoms with Crippen LogP contribution in [-0.2, 0) is 4.79 Å². The number of Topliss-reactive ketones (excluding diaryl/α,β-unsaturated/α-hetero) is 1. The number of rotatable bonds is 4. The number of hydrogen-bond donors (Lipinski definition) is 1. The summed E-state index contributed by atoms with van der Waals surface area (Å²) < 4.78 is 13.0. The smallest absolute Gasteiger partial charge is 0.196 e. The molecule has 0 unspecified atom stereocenters. The molecule has 6 heteroatoms. The molecule has 1 saturated heterocycles. The van der Waals surface area contributed by atoms with Gasteiger partial charge in [0.15, 0.2) is 11.6 Å². The summed E-state index contributed by atoms with van der Waals surface area (Å²) in [4.78, 5) is 16.1. The molecule has 2 aromatic carbocycles. The minimum absolute atomic E-state index is 0.0707. The minimum Gasteiger partial charge on any atom is -0.368 e. The van der Waals surface area contributed by atoms with Crippen LogP contribution in [0.4, 0.5) is 15.8 Å². The lowest BCUT2D eigenvalue weighted by atomic mass is 10.2. The Bertz CT molecular complexity index is 738. The zero-order valence-corrected chi connectivity index (χ0v) is 14.2. The van der Waals surface area contributed by atoms with E-state index in [-0.39, 0.29) is 11.6 Å². The molecule has 0 saturated carbocycles. The van der Waals surface area contributed by atoms with Gasteiger partial charge in [-0.1, -0.05) is 18.2 Å². The number of ketones is 1. The van der Waals surface area contributed by atoms with Crippen molar-refractivity contribution in [2.45, 2.75) is 6.92 Å². The van der Waals surface area contributed by atoms with Crippen molar-refractivity contribution in [1.82, 2.24) is 4.90 Å². The number of benzene rings is 2. The van der Waals surface area contributed by atoms with E-state index in [0.29, 0.717) is 18.9 Å². The number of para-hydroxylation sites is 1. The van der Waals surface area contributed by atoms with Gasteiger partial charge in [0.1, 0.15) is 5.82 Å². The highest BCUT2D eigenvalue weighted by atomic mass is 19.1. The van der Waals surface area contributed by atoms with Gasteiger partial charge in [0.2, 0.25) is 0 Å². The second kappa shape index (κ2) is 7.79. The first-order chi connectivity index (χ1) is 12.1. The molecule has 0 atom stereocenters. The Labute approximate surface area is 146 Å². The van der Waals surface area contributed by atoms with Gasteiger partial charge in [-0.15, -0.1) is 0 Å². The van der Waals surface area contributed by atoms with E-state index in [2.05, 4.69) is 15.4 Å². The van der Waals surface area contributed by atoms with E-state index in [9.17, 15) is 9.18 Å². The van der Waals surface area contributed by atoms with Crippen LogP contribution in [0.3, 0.4) is 0 Å². The second-order valence-electron chi connectivity index (χ2n) is 5.92. The van der Waals surface area contributed by atoms with Gasteiger partial charge in [0.25, 0.3) is 0 Å². The zero-order chi connectivity index (χ0) is 17.6. The fourth-order valence-corrected chi connectivity index (χ4v) is 2.83. The first-order valence-electron chi connectivity index (χ1n) is 8.28. The van der Waals surface area contributed by atoms with E-state index in [4.69, 9.17) is 0 Å². The minimum atomic E-state index is -0.236. The molecule has 25 heavy (non-hydrogen) atoms. The van der Waals surface area contributed by atoms with E-state index < -0.39 is 0 Å².